The maximum atomic E-state index is 12.7. The number of sulfone groups is 1. The standard InChI is InChI=1S/C16H12O4S/c17-12-6-8-13(9-7-12)21(19,20)16-14-4-2-1-3-11(14)5-10-15(16)18/h1-10,17-18H. The van der Waals surface area contributed by atoms with Gasteiger partial charge in [-0.25, -0.2) is 8.42 Å². The third kappa shape index (κ3) is 2.21. The Labute approximate surface area is 121 Å². The molecule has 0 aliphatic rings. The van der Waals surface area contributed by atoms with Gasteiger partial charge in [-0.2, -0.15) is 0 Å². The van der Waals surface area contributed by atoms with Crippen LogP contribution in [0.4, 0.5) is 0 Å². The van der Waals surface area contributed by atoms with E-state index in [1.54, 1.807) is 30.3 Å². The van der Waals surface area contributed by atoms with Gasteiger partial charge in [-0.15, -0.1) is 0 Å². The molecule has 0 amide bonds. The van der Waals surface area contributed by atoms with E-state index in [0.29, 0.717) is 5.39 Å². The van der Waals surface area contributed by atoms with E-state index in [1.165, 1.54) is 30.3 Å². The van der Waals surface area contributed by atoms with Crippen LogP contribution in [0.15, 0.2) is 70.5 Å². The van der Waals surface area contributed by atoms with Crippen LogP contribution < -0.4 is 0 Å². The predicted molar refractivity (Wildman–Crippen MR) is 79.2 cm³/mol. The molecule has 0 heterocycles. The zero-order chi connectivity index (χ0) is 15.0. The highest BCUT2D eigenvalue weighted by molar-refractivity contribution is 7.91. The van der Waals surface area contributed by atoms with E-state index in [1.807, 2.05) is 0 Å². The Kier molecular flexibility index (Phi) is 3.07. The van der Waals surface area contributed by atoms with Gasteiger partial charge in [0, 0.05) is 5.39 Å². The molecule has 0 saturated carbocycles. The summed E-state index contributed by atoms with van der Waals surface area (Å²) in [4.78, 5) is -0.0988. The number of benzene rings is 3. The smallest absolute Gasteiger partial charge is 0.210 e. The van der Waals surface area contributed by atoms with Crippen LogP contribution in [0.1, 0.15) is 0 Å². The first-order chi connectivity index (χ1) is 10.00. The highest BCUT2D eigenvalue weighted by Crippen LogP contribution is 2.35. The second-order valence-electron chi connectivity index (χ2n) is 4.63. The van der Waals surface area contributed by atoms with Crippen molar-refractivity contribution in [2.24, 2.45) is 0 Å². The van der Waals surface area contributed by atoms with E-state index in [-0.39, 0.29) is 21.3 Å². The summed E-state index contributed by atoms with van der Waals surface area (Å²) in [5.41, 5.74) is 0. The van der Waals surface area contributed by atoms with Gasteiger partial charge in [0.05, 0.1) is 4.90 Å². The molecule has 0 bridgehead atoms. The van der Waals surface area contributed by atoms with Gasteiger partial charge in [0.2, 0.25) is 9.84 Å². The van der Waals surface area contributed by atoms with Crippen molar-refractivity contribution in [3.8, 4) is 11.5 Å². The molecule has 0 radical (unpaired) electrons. The maximum absolute atomic E-state index is 12.7. The topological polar surface area (TPSA) is 74.6 Å². The summed E-state index contributed by atoms with van der Waals surface area (Å²) in [7, 11) is -3.87. The fourth-order valence-electron chi connectivity index (χ4n) is 2.26. The van der Waals surface area contributed by atoms with Crippen molar-refractivity contribution in [2.45, 2.75) is 9.79 Å². The minimum atomic E-state index is -3.87. The van der Waals surface area contributed by atoms with Crippen molar-refractivity contribution in [2.75, 3.05) is 0 Å². The lowest BCUT2D eigenvalue weighted by Crippen LogP contribution is -2.03. The van der Waals surface area contributed by atoms with Crippen molar-refractivity contribution in [3.05, 3.63) is 60.7 Å². The van der Waals surface area contributed by atoms with Crippen LogP contribution in [0.3, 0.4) is 0 Å². The lowest BCUT2D eigenvalue weighted by Gasteiger charge is -2.10. The normalized spacial score (nSPS) is 11.6. The van der Waals surface area contributed by atoms with Crippen LogP contribution in [-0.2, 0) is 9.84 Å². The first-order valence-electron chi connectivity index (χ1n) is 6.25. The van der Waals surface area contributed by atoms with E-state index in [9.17, 15) is 18.6 Å². The van der Waals surface area contributed by atoms with Crippen LogP contribution in [0.2, 0.25) is 0 Å². The molecule has 0 spiro atoms. The van der Waals surface area contributed by atoms with Crippen LogP contribution >= 0.6 is 0 Å². The third-order valence-electron chi connectivity index (χ3n) is 3.27. The largest absolute Gasteiger partial charge is 0.508 e. The number of hydrogen-bond acceptors (Lipinski definition) is 4. The van der Waals surface area contributed by atoms with Gasteiger partial charge in [-0.05, 0) is 35.7 Å². The first kappa shape index (κ1) is 13.5. The van der Waals surface area contributed by atoms with Crippen molar-refractivity contribution in [1.82, 2.24) is 0 Å². The van der Waals surface area contributed by atoms with Gasteiger partial charge in [-0.3, -0.25) is 0 Å². The van der Waals surface area contributed by atoms with E-state index < -0.39 is 9.84 Å². The zero-order valence-electron chi connectivity index (χ0n) is 10.9. The number of fused-ring (bicyclic) bond motifs is 1. The number of aromatic hydroxyl groups is 2. The zero-order valence-corrected chi connectivity index (χ0v) is 11.7. The summed E-state index contributed by atoms with van der Waals surface area (Å²) in [6, 6.07) is 15.2. The van der Waals surface area contributed by atoms with Gasteiger partial charge in [0.1, 0.15) is 16.4 Å². The van der Waals surface area contributed by atoms with Crippen molar-refractivity contribution >= 4 is 20.6 Å². The van der Waals surface area contributed by atoms with E-state index in [0.717, 1.165) is 5.39 Å². The minimum absolute atomic E-state index is 0.0175. The Morgan fingerprint density at radius 2 is 1.43 bits per heavy atom. The average molecular weight is 300 g/mol. The van der Waals surface area contributed by atoms with Crippen molar-refractivity contribution in [3.63, 3.8) is 0 Å². The first-order valence-corrected chi connectivity index (χ1v) is 7.73. The number of hydrogen-bond donors (Lipinski definition) is 2. The van der Waals surface area contributed by atoms with Gasteiger partial charge >= 0.3 is 0 Å². The van der Waals surface area contributed by atoms with E-state index in [4.69, 9.17) is 0 Å². The molecule has 21 heavy (non-hydrogen) atoms. The quantitative estimate of drug-likeness (QED) is 0.762. The summed E-state index contributed by atoms with van der Waals surface area (Å²) in [5, 5.41) is 20.5. The Morgan fingerprint density at radius 3 is 2.14 bits per heavy atom. The predicted octanol–water partition coefficient (Wildman–Crippen LogP) is 3.08. The Bertz CT molecular complexity index is 913. The number of rotatable bonds is 2. The molecule has 3 aromatic rings. The monoisotopic (exact) mass is 300 g/mol. The summed E-state index contributed by atoms with van der Waals surface area (Å²) >= 11 is 0. The molecule has 0 aliphatic carbocycles. The second-order valence-corrected chi connectivity index (χ2v) is 6.52. The Hall–Kier alpha value is -2.53. The fourth-order valence-corrected chi connectivity index (χ4v) is 3.81. The lowest BCUT2D eigenvalue weighted by molar-refractivity contribution is 0.460. The molecule has 5 heteroatoms. The Morgan fingerprint density at radius 1 is 0.762 bits per heavy atom. The summed E-state index contributed by atoms with van der Waals surface area (Å²) < 4.78 is 25.5. The molecule has 2 N–H and O–H groups in total. The molecule has 0 atom stereocenters. The van der Waals surface area contributed by atoms with Crippen LogP contribution in [0, 0.1) is 0 Å². The molecule has 0 aromatic heterocycles. The van der Waals surface area contributed by atoms with E-state index >= 15 is 0 Å². The van der Waals surface area contributed by atoms with Gasteiger partial charge in [0.25, 0.3) is 0 Å². The summed E-state index contributed by atoms with van der Waals surface area (Å²) in [5.74, 6) is -0.308. The summed E-state index contributed by atoms with van der Waals surface area (Å²) in [6.45, 7) is 0. The minimum Gasteiger partial charge on any atom is -0.508 e. The molecule has 0 unspecified atom stereocenters. The summed E-state index contributed by atoms with van der Waals surface area (Å²) in [6.07, 6.45) is 0. The van der Waals surface area contributed by atoms with Gasteiger partial charge in [0.15, 0.2) is 0 Å². The van der Waals surface area contributed by atoms with Crippen LogP contribution in [0.25, 0.3) is 10.8 Å². The van der Waals surface area contributed by atoms with Gasteiger partial charge in [-0.1, -0.05) is 30.3 Å². The van der Waals surface area contributed by atoms with Crippen molar-refractivity contribution < 1.29 is 18.6 Å². The number of phenols is 2. The van der Waals surface area contributed by atoms with Crippen LogP contribution in [0.5, 0.6) is 11.5 Å². The highest BCUT2D eigenvalue weighted by Gasteiger charge is 2.24. The Balaban J connectivity index is 2.33. The fraction of sp³-hybridized carbons (Fsp3) is 0. The third-order valence-corrected chi connectivity index (χ3v) is 5.13. The van der Waals surface area contributed by atoms with Gasteiger partial charge < -0.3 is 10.2 Å². The van der Waals surface area contributed by atoms with Crippen molar-refractivity contribution in [1.29, 1.82) is 0 Å². The molecule has 106 valence electrons. The molecular weight excluding hydrogens is 288 g/mol. The van der Waals surface area contributed by atoms with E-state index in [2.05, 4.69) is 0 Å². The molecule has 0 fully saturated rings. The molecule has 4 nitrogen and oxygen atoms in total. The second kappa shape index (κ2) is 4.79. The average Bonchev–Trinajstić information content (AvgIpc) is 2.47. The SMILES string of the molecule is O=S(=O)(c1ccc(O)cc1)c1c(O)ccc2ccccc12. The molecule has 0 aliphatic heterocycles. The lowest BCUT2D eigenvalue weighted by atomic mass is 10.1. The molecule has 3 aromatic carbocycles. The maximum Gasteiger partial charge on any atom is 0.210 e. The molecule has 3 rings (SSSR count). The highest BCUT2D eigenvalue weighted by atomic mass is 32.2. The molecule has 0 saturated heterocycles. The van der Waals surface area contributed by atoms with Crippen LogP contribution in [-0.4, -0.2) is 18.6 Å². The molecular formula is C16H12O4S. The number of phenolic OH excluding ortho intramolecular Hbond substituents is 2.